The van der Waals surface area contributed by atoms with Gasteiger partial charge in [0.2, 0.25) is 0 Å². The summed E-state index contributed by atoms with van der Waals surface area (Å²) in [5.74, 6) is 1.32. The molecule has 0 saturated heterocycles. The van der Waals surface area contributed by atoms with Crippen LogP contribution in [0.25, 0.3) is 22.3 Å². The van der Waals surface area contributed by atoms with E-state index in [1.54, 1.807) is 6.92 Å². The van der Waals surface area contributed by atoms with Gasteiger partial charge < -0.3 is 9.84 Å². The lowest BCUT2D eigenvalue weighted by molar-refractivity contribution is -0.139. The number of hydrogen-bond donors (Lipinski definition) is 1. The Morgan fingerprint density at radius 3 is 2.19 bits per heavy atom. The summed E-state index contributed by atoms with van der Waals surface area (Å²) >= 11 is 0. The molecule has 1 aliphatic carbocycles. The Morgan fingerprint density at radius 1 is 0.814 bits per heavy atom. The van der Waals surface area contributed by atoms with Crippen molar-refractivity contribution in [2.45, 2.75) is 104 Å². The van der Waals surface area contributed by atoms with E-state index in [9.17, 15) is 9.90 Å². The Balaban J connectivity index is 1.44. The normalized spacial score (nSPS) is 16.7. The third-order valence-electron chi connectivity index (χ3n) is 9.33. The SMILES string of the molecule is C=C(C)C(=O)OCCCc1cc(-c2ccc(-c3ccc(C4CCC(CCCCC)CC4)cc3)cc2CC)ccc1CCO. The number of aliphatic hydroxyl groups is 1. The smallest absolute Gasteiger partial charge is 0.333 e. The molecule has 0 atom stereocenters. The Bertz CT molecular complexity index is 1330. The number of hydrogen-bond acceptors (Lipinski definition) is 3. The van der Waals surface area contributed by atoms with Crippen LogP contribution in [-0.2, 0) is 28.8 Å². The van der Waals surface area contributed by atoms with Gasteiger partial charge in [-0.05, 0) is 115 Å². The predicted molar refractivity (Wildman–Crippen MR) is 180 cm³/mol. The monoisotopic (exact) mass is 580 g/mol. The van der Waals surface area contributed by atoms with E-state index >= 15 is 0 Å². The zero-order valence-electron chi connectivity index (χ0n) is 26.8. The van der Waals surface area contributed by atoms with Gasteiger partial charge in [0.1, 0.15) is 0 Å². The number of rotatable bonds is 15. The van der Waals surface area contributed by atoms with Crippen LogP contribution in [0.4, 0.5) is 0 Å². The average molecular weight is 581 g/mol. The second kappa shape index (κ2) is 16.6. The number of aliphatic hydroxyl groups excluding tert-OH is 1. The highest BCUT2D eigenvalue weighted by molar-refractivity contribution is 5.86. The van der Waals surface area contributed by atoms with Gasteiger partial charge in [0.05, 0.1) is 6.61 Å². The van der Waals surface area contributed by atoms with E-state index in [0.29, 0.717) is 24.5 Å². The summed E-state index contributed by atoms with van der Waals surface area (Å²) in [5, 5.41) is 9.62. The molecule has 1 fully saturated rings. The summed E-state index contributed by atoms with van der Waals surface area (Å²) in [4.78, 5) is 11.7. The molecular formula is C40H52O3. The van der Waals surface area contributed by atoms with E-state index in [2.05, 4.69) is 81.1 Å². The zero-order chi connectivity index (χ0) is 30.6. The lowest BCUT2D eigenvalue weighted by Gasteiger charge is -2.29. The summed E-state index contributed by atoms with van der Waals surface area (Å²) in [6.45, 7) is 10.3. The molecule has 0 spiro atoms. The summed E-state index contributed by atoms with van der Waals surface area (Å²) in [6, 6.07) is 22.8. The maximum atomic E-state index is 11.7. The largest absolute Gasteiger partial charge is 0.462 e. The molecule has 0 unspecified atom stereocenters. The Hall–Kier alpha value is -3.17. The average Bonchev–Trinajstić information content (AvgIpc) is 3.04. The molecule has 1 N–H and O–H groups in total. The van der Waals surface area contributed by atoms with Crippen LogP contribution in [0.1, 0.15) is 107 Å². The highest BCUT2D eigenvalue weighted by Crippen LogP contribution is 2.39. The fourth-order valence-electron chi connectivity index (χ4n) is 6.70. The fourth-order valence-corrected chi connectivity index (χ4v) is 6.70. The highest BCUT2D eigenvalue weighted by atomic mass is 16.5. The van der Waals surface area contributed by atoms with E-state index in [1.165, 1.54) is 90.3 Å². The predicted octanol–water partition coefficient (Wildman–Crippen LogP) is 10.0. The standard InChI is InChI=1S/C40H52O3/c1-5-7-8-10-30-12-14-32(15-13-30)33-16-18-34(19-17-33)37-22-23-39(31(6-2)27-37)38-21-20-35(24-25-41)36(28-38)11-9-26-43-40(42)29(3)4/h16-23,27-28,30,32,41H,3,5-15,24-26H2,1-2,4H3. The van der Waals surface area contributed by atoms with Gasteiger partial charge in [-0.1, -0.05) is 107 Å². The minimum atomic E-state index is -0.341. The van der Waals surface area contributed by atoms with E-state index in [1.807, 2.05) is 0 Å². The topological polar surface area (TPSA) is 46.5 Å². The molecular weight excluding hydrogens is 528 g/mol. The van der Waals surface area contributed by atoms with Gasteiger partial charge in [0.15, 0.2) is 0 Å². The highest BCUT2D eigenvalue weighted by Gasteiger charge is 2.22. The lowest BCUT2D eigenvalue weighted by Crippen LogP contribution is -2.13. The zero-order valence-corrected chi connectivity index (χ0v) is 26.8. The van der Waals surface area contributed by atoms with Crippen molar-refractivity contribution in [2.24, 2.45) is 5.92 Å². The molecule has 43 heavy (non-hydrogen) atoms. The van der Waals surface area contributed by atoms with Gasteiger partial charge in [-0.25, -0.2) is 4.79 Å². The van der Waals surface area contributed by atoms with Crippen molar-refractivity contribution in [3.05, 3.63) is 95.1 Å². The van der Waals surface area contributed by atoms with Crippen LogP contribution in [0.2, 0.25) is 0 Å². The molecule has 3 aromatic carbocycles. The summed E-state index contributed by atoms with van der Waals surface area (Å²) < 4.78 is 5.31. The van der Waals surface area contributed by atoms with Crippen LogP contribution in [0.15, 0.2) is 72.8 Å². The molecule has 4 rings (SSSR count). The molecule has 0 heterocycles. The van der Waals surface area contributed by atoms with E-state index in [0.717, 1.165) is 30.7 Å². The van der Waals surface area contributed by atoms with Crippen molar-refractivity contribution in [3.8, 4) is 22.3 Å². The number of benzene rings is 3. The van der Waals surface area contributed by atoms with Crippen molar-refractivity contribution in [1.82, 2.24) is 0 Å². The van der Waals surface area contributed by atoms with E-state index in [-0.39, 0.29) is 12.6 Å². The maximum absolute atomic E-state index is 11.7. The van der Waals surface area contributed by atoms with Crippen LogP contribution < -0.4 is 0 Å². The lowest BCUT2D eigenvalue weighted by atomic mass is 9.77. The first kappa shape index (κ1) is 32.7. The second-order valence-corrected chi connectivity index (χ2v) is 12.5. The van der Waals surface area contributed by atoms with Gasteiger partial charge in [-0.2, -0.15) is 0 Å². The third-order valence-corrected chi connectivity index (χ3v) is 9.33. The van der Waals surface area contributed by atoms with Crippen molar-refractivity contribution in [1.29, 1.82) is 0 Å². The molecule has 1 saturated carbocycles. The van der Waals surface area contributed by atoms with Crippen LogP contribution in [-0.4, -0.2) is 24.3 Å². The minimum Gasteiger partial charge on any atom is -0.462 e. The quantitative estimate of drug-likeness (QED) is 0.111. The van der Waals surface area contributed by atoms with Gasteiger partial charge >= 0.3 is 5.97 Å². The first-order chi connectivity index (χ1) is 20.9. The molecule has 0 bridgehead atoms. The van der Waals surface area contributed by atoms with Gasteiger partial charge in [0.25, 0.3) is 0 Å². The van der Waals surface area contributed by atoms with Crippen LogP contribution in [0.3, 0.4) is 0 Å². The van der Waals surface area contributed by atoms with Crippen LogP contribution in [0.5, 0.6) is 0 Å². The Kier molecular flexibility index (Phi) is 12.7. The van der Waals surface area contributed by atoms with Crippen molar-refractivity contribution in [3.63, 3.8) is 0 Å². The molecule has 3 aromatic rings. The fraction of sp³-hybridized carbons (Fsp3) is 0.475. The van der Waals surface area contributed by atoms with Crippen molar-refractivity contribution >= 4 is 5.97 Å². The van der Waals surface area contributed by atoms with Crippen LogP contribution in [0, 0.1) is 5.92 Å². The molecule has 3 nitrogen and oxygen atoms in total. The third kappa shape index (κ3) is 9.16. The summed E-state index contributed by atoms with van der Waals surface area (Å²) in [5.41, 5.74) is 10.6. The molecule has 0 radical (unpaired) electrons. The molecule has 0 aromatic heterocycles. The van der Waals surface area contributed by atoms with E-state index in [4.69, 9.17) is 4.74 Å². The number of aryl methyl sites for hydroxylation is 2. The first-order valence-electron chi connectivity index (χ1n) is 16.7. The van der Waals surface area contributed by atoms with Crippen molar-refractivity contribution in [2.75, 3.05) is 13.2 Å². The molecule has 3 heteroatoms. The van der Waals surface area contributed by atoms with Gasteiger partial charge in [0, 0.05) is 12.2 Å². The molecule has 1 aliphatic rings. The molecule has 0 amide bonds. The number of esters is 1. The summed E-state index contributed by atoms with van der Waals surface area (Å²) in [6.07, 6.45) is 14.1. The molecule has 0 aliphatic heterocycles. The number of carbonyl (C=O) groups is 1. The second-order valence-electron chi connectivity index (χ2n) is 12.5. The number of ether oxygens (including phenoxy) is 1. The Labute approximate surface area is 260 Å². The minimum absolute atomic E-state index is 0.116. The van der Waals surface area contributed by atoms with Gasteiger partial charge in [-0.15, -0.1) is 0 Å². The number of carbonyl (C=O) groups excluding carboxylic acids is 1. The molecule has 230 valence electrons. The maximum Gasteiger partial charge on any atom is 0.333 e. The van der Waals surface area contributed by atoms with E-state index < -0.39 is 0 Å². The Morgan fingerprint density at radius 2 is 1.51 bits per heavy atom. The summed E-state index contributed by atoms with van der Waals surface area (Å²) in [7, 11) is 0. The van der Waals surface area contributed by atoms with Crippen LogP contribution >= 0.6 is 0 Å². The van der Waals surface area contributed by atoms with Gasteiger partial charge in [-0.3, -0.25) is 0 Å². The van der Waals surface area contributed by atoms with Crippen molar-refractivity contribution < 1.29 is 14.6 Å². The first-order valence-corrected chi connectivity index (χ1v) is 16.7. The number of unbranched alkanes of at least 4 members (excludes halogenated alkanes) is 2.